The van der Waals surface area contributed by atoms with Crippen LogP contribution in [-0.2, 0) is 17.9 Å². The van der Waals surface area contributed by atoms with E-state index in [4.69, 9.17) is 9.47 Å². The molecule has 0 spiro atoms. The molecule has 0 atom stereocenters. The van der Waals surface area contributed by atoms with Crippen molar-refractivity contribution in [1.82, 2.24) is 9.80 Å². The van der Waals surface area contributed by atoms with Crippen molar-refractivity contribution >= 4 is 16.9 Å². The number of ether oxygens (including phenoxy) is 2. The molecule has 0 unspecified atom stereocenters. The van der Waals surface area contributed by atoms with Gasteiger partial charge in [0.25, 0.3) is 0 Å². The van der Waals surface area contributed by atoms with Crippen molar-refractivity contribution in [3.05, 3.63) is 76.9 Å². The topological polar surface area (TPSA) is 42.0 Å². The molecule has 0 saturated carbocycles. The summed E-state index contributed by atoms with van der Waals surface area (Å²) in [6.07, 6.45) is -0.236. The second-order valence-corrected chi connectivity index (χ2v) is 8.20. The average Bonchev–Trinajstić information content (AvgIpc) is 2.80. The van der Waals surface area contributed by atoms with E-state index in [9.17, 15) is 4.79 Å². The number of nitrogens with zero attached hydrogens (tertiary/aromatic N) is 2. The van der Waals surface area contributed by atoms with E-state index in [0.29, 0.717) is 19.7 Å². The predicted molar refractivity (Wildman–Crippen MR) is 123 cm³/mol. The standard InChI is InChI=1S/C26H30N2O3/c1-19-8-9-21(16-20(19)2)18-31-26(29)28-14-12-27(13-15-28)17-24-23-7-5-4-6-22(23)10-11-25(24)30-3/h4-11,16H,12-15,17-18H2,1-3H3. The minimum atomic E-state index is -0.236. The van der Waals surface area contributed by atoms with E-state index in [0.717, 1.165) is 30.9 Å². The van der Waals surface area contributed by atoms with Crippen LogP contribution in [0.5, 0.6) is 5.75 Å². The Hall–Kier alpha value is -3.05. The molecule has 162 valence electrons. The largest absolute Gasteiger partial charge is 0.496 e. The first kappa shape index (κ1) is 21.2. The third kappa shape index (κ3) is 4.83. The minimum absolute atomic E-state index is 0.236. The second kappa shape index (κ2) is 9.40. The highest BCUT2D eigenvalue weighted by Crippen LogP contribution is 2.29. The maximum atomic E-state index is 12.5. The molecule has 1 fully saturated rings. The first-order valence-corrected chi connectivity index (χ1v) is 10.8. The summed E-state index contributed by atoms with van der Waals surface area (Å²) in [4.78, 5) is 16.7. The highest BCUT2D eigenvalue weighted by atomic mass is 16.6. The van der Waals surface area contributed by atoms with Crippen molar-refractivity contribution in [3.63, 3.8) is 0 Å². The van der Waals surface area contributed by atoms with Crippen molar-refractivity contribution in [2.45, 2.75) is 27.0 Å². The molecule has 31 heavy (non-hydrogen) atoms. The summed E-state index contributed by atoms with van der Waals surface area (Å²) in [5, 5.41) is 2.43. The van der Waals surface area contributed by atoms with Crippen molar-refractivity contribution < 1.29 is 14.3 Å². The Bertz CT molecular complexity index is 1070. The summed E-state index contributed by atoms with van der Waals surface area (Å²) in [5.41, 5.74) is 4.68. The molecule has 1 aliphatic rings. The molecular weight excluding hydrogens is 388 g/mol. The summed E-state index contributed by atoms with van der Waals surface area (Å²) in [7, 11) is 1.72. The van der Waals surface area contributed by atoms with E-state index in [1.54, 1.807) is 12.0 Å². The number of aryl methyl sites for hydroxylation is 2. The Morgan fingerprint density at radius 2 is 1.71 bits per heavy atom. The van der Waals surface area contributed by atoms with Crippen LogP contribution in [0.25, 0.3) is 10.8 Å². The van der Waals surface area contributed by atoms with Gasteiger partial charge in [0, 0.05) is 38.3 Å². The van der Waals surface area contributed by atoms with Gasteiger partial charge < -0.3 is 14.4 Å². The lowest BCUT2D eigenvalue weighted by molar-refractivity contribution is 0.0699. The van der Waals surface area contributed by atoms with Crippen LogP contribution in [0.1, 0.15) is 22.3 Å². The smallest absolute Gasteiger partial charge is 0.410 e. The van der Waals surface area contributed by atoms with Crippen LogP contribution >= 0.6 is 0 Å². The molecule has 0 aliphatic carbocycles. The van der Waals surface area contributed by atoms with Crippen molar-refractivity contribution in [1.29, 1.82) is 0 Å². The molecule has 4 rings (SSSR count). The van der Waals surface area contributed by atoms with Crippen LogP contribution < -0.4 is 4.74 Å². The molecule has 1 heterocycles. The Morgan fingerprint density at radius 3 is 2.45 bits per heavy atom. The first-order valence-electron chi connectivity index (χ1n) is 10.8. The molecule has 1 amide bonds. The number of piperazine rings is 1. The molecule has 0 bridgehead atoms. The summed E-state index contributed by atoms with van der Waals surface area (Å²) < 4.78 is 11.2. The van der Waals surface area contributed by atoms with Gasteiger partial charge in [-0.25, -0.2) is 4.79 Å². The third-order valence-corrected chi connectivity index (χ3v) is 6.16. The van der Waals surface area contributed by atoms with Crippen LogP contribution in [0.2, 0.25) is 0 Å². The molecule has 1 saturated heterocycles. The highest BCUT2D eigenvalue weighted by Gasteiger charge is 2.23. The van der Waals surface area contributed by atoms with Crippen LogP contribution in [0, 0.1) is 13.8 Å². The van der Waals surface area contributed by atoms with Gasteiger partial charge in [0.2, 0.25) is 0 Å². The molecule has 3 aromatic carbocycles. The second-order valence-electron chi connectivity index (χ2n) is 8.20. The zero-order valence-corrected chi connectivity index (χ0v) is 18.6. The number of carbonyl (C=O) groups is 1. The van der Waals surface area contributed by atoms with E-state index in [1.807, 2.05) is 12.1 Å². The Morgan fingerprint density at radius 1 is 0.935 bits per heavy atom. The molecular formula is C26H30N2O3. The third-order valence-electron chi connectivity index (χ3n) is 6.16. The normalized spacial score (nSPS) is 14.6. The fourth-order valence-electron chi connectivity index (χ4n) is 4.11. The van der Waals surface area contributed by atoms with Gasteiger partial charge in [-0.2, -0.15) is 0 Å². The van der Waals surface area contributed by atoms with E-state index >= 15 is 0 Å². The van der Waals surface area contributed by atoms with Crippen molar-refractivity contribution in [2.75, 3.05) is 33.3 Å². The number of hydrogen-bond donors (Lipinski definition) is 0. The lowest BCUT2D eigenvalue weighted by atomic mass is 10.0. The minimum Gasteiger partial charge on any atom is -0.496 e. The van der Waals surface area contributed by atoms with E-state index in [2.05, 4.69) is 61.2 Å². The summed E-state index contributed by atoms with van der Waals surface area (Å²) >= 11 is 0. The van der Waals surface area contributed by atoms with Crippen molar-refractivity contribution in [2.24, 2.45) is 0 Å². The van der Waals surface area contributed by atoms with Gasteiger partial charge in [-0.15, -0.1) is 0 Å². The summed E-state index contributed by atoms with van der Waals surface area (Å²) in [6, 6.07) is 18.7. The van der Waals surface area contributed by atoms with Crippen LogP contribution in [-0.4, -0.2) is 49.2 Å². The van der Waals surface area contributed by atoms with Crippen LogP contribution in [0.3, 0.4) is 0 Å². The van der Waals surface area contributed by atoms with Gasteiger partial charge in [0.1, 0.15) is 12.4 Å². The first-order chi connectivity index (χ1) is 15.0. The number of amides is 1. The lowest BCUT2D eigenvalue weighted by Gasteiger charge is -2.34. The maximum absolute atomic E-state index is 12.5. The van der Waals surface area contributed by atoms with Gasteiger partial charge >= 0.3 is 6.09 Å². The highest BCUT2D eigenvalue weighted by molar-refractivity contribution is 5.87. The van der Waals surface area contributed by atoms with Gasteiger partial charge in [-0.3, -0.25) is 4.90 Å². The number of methoxy groups -OCH3 is 1. The van der Waals surface area contributed by atoms with E-state index in [-0.39, 0.29) is 6.09 Å². The van der Waals surface area contributed by atoms with Crippen LogP contribution in [0.4, 0.5) is 4.79 Å². The molecule has 0 N–H and O–H groups in total. The van der Waals surface area contributed by atoms with Gasteiger partial charge in [0.05, 0.1) is 7.11 Å². The molecule has 3 aromatic rings. The van der Waals surface area contributed by atoms with Gasteiger partial charge in [0.15, 0.2) is 0 Å². The molecule has 0 aromatic heterocycles. The molecule has 1 aliphatic heterocycles. The summed E-state index contributed by atoms with van der Waals surface area (Å²) in [6.45, 7) is 8.22. The Balaban J connectivity index is 1.34. The molecule has 5 heteroatoms. The fraction of sp³-hybridized carbons (Fsp3) is 0.346. The number of benzene rings is 3. The van der Waals surface area contributed by atoms with Gasteiger partial charge in [-0.05, 0) is 47.4 Å². The van der Waals surface area contributed by atoms with Crippen molar-refractivity contribution in [3.8, 4) is 5.75 Å². The fourth-order valence-corrected chi connectivity index (χ4v) is 4.11. The lowest BCUT2D eigenvalue weighted by Crippen LogP contribution is -2.48. The number of rotatable bonds is 5. The van der Waals surface area contributed by atoms with Crippen LogP contribution in [0.15, 0.2) is 54.6 Å². The Labute approximate surface area is 184 Å². The number of carbonyl (C=O) groups excluding carboxylic acids is 1. The monoisotopic (exact) mass is 418 g/mol. The molecule has 5 nitrogen and oxygen atoms in total. The average molecular weight is 419 g/mol. The Kier molecular flexibility index (Phi) is 6.42. The predicted octanol–water partition coefficient (Wildman–Crippen LogP) is 4.92. The number of fused-ring (bicyclic) bond motifs is 1. The number of hydrogen-bond acceptors (Lipinski definition) is 4. The van der Waals surface area contributed by atoms with E-state index < -0.39 is 0 Å². The quantitative estimate of drug-likeness (QED) is 0.590. The van der Waals surface area contributed by atoms with Gasteiger partial charge in [-0.1, -0.05) is 48.5 Å². The molecule has 0 radical (unpaired) electrons. The zero-order chi connectivity index (χ0) is 21.8. The SMILES string of the molecule is COc1ccc2ccccc2c1CN1CCN(C(=O)OCc2ccc(C)c(C)c2)CC1. The summed E-state index contributed by atoms with van der Waals surface area (Å²) in [5.74, 6) is 0.911. The zero-order valence-electron chi connectivity index (χ0n) is 18.6. The van der Waals surface area contributed by atoms with E-state index in [1.165, 1.54) is 27.5 Å². The maximum Gasteiger partial charge on any atom is 0.410 e.